The number of nitrogens with zero attached hydrogens (tertiary/aromatic N) is 2. The summed E-state index contributed by atoms with van der Waals surface area (Å²) in [6.45, 7) is 5.77. The molecule has 0 aliphatic heterocycles. The fraction of sp³-hybridized carbons (Fsp3) is 0.533. The normalized spacial score (nSPS) is 13.8. The predicted molar refractivity (Wildman–Crippen MR) is 81.6 cm³/mol. The Morgan fingerprint density at radius 3 is 2.67 bits per heavy atom. The van der Waals surface area contributed by atoms with Crippen molar-refractivity contribution >= 4 is 17.3 Å². The Bertz CT molecular complexity index is 541. The number of nitrogens with one attached hydrogen (secondary N) is 1. The van der Waals surface area contributed by atoms with Gasteiger partial charge in [-0.05, 0) is 44.7 Å². The minimum atomic E-state index is -0.452. The largest absolute Gasteiger partial charge is 0.380 e. The summed E-state index contributed by atoms with van der Waals surface area (Å²) in [5.41, 5.74) is 0.778. The maximum atomic E-state index is 12.5. The quantitative estimate of drug-likeness (QED) is 0.619. The summed E-state index contributed by atoms with van der Waals surface area (Å²) < 4.78 is 0. The lowest BCUT2D eigenvalue weighted by atomic mass is 10.1. The average molecular weight is 291 g/mol. The van der Waals surface area contributed by atoms with Gasteiger partial charge in [-0.25, -0.2) is 0 Å². The Morgan fingerprint density at radius 1 is 1.43 bits per heavy atom. The first kappa shape index (κ1) is 15.3. The van der Waals surface area contributed by atoms with Crippen LogP contribution in [0.3, 0.4) is 0 Å². The van der Waals surface area contributed by atoms with E-state index in [2.05, 4.69) is 5.32 Å². The fourth-order valence-corrected chi connectivity index (χ4v) is 2.31. The van der Waals surface area contributed by atoms with E-state index in [9.17, 15) is 14.9 Å². The van der Waals surface area contributed by atoms with Crippen LogP contribution in [-0.2, 0) is 0 Å². The van der Waals surface area contributed by atoms with Gasteiger partial charge in [0, 0.05) is 31.3 Å². The van der Waals surface area contributed by atoms with Crippen LogP contribution in [0.2, 0.25) is 0 Å². The second kappa shape index (κ2) is 6.56. The van der Waals surface area contributed by atoms with Crippen LogP contribution in [0.4, 0.5) is 11.4 Å². The molecule has 1 saturated carbocycles. The summed E-state index contributed by atoms with van der Waals surface area (Å²) in [7, 11) is 0. The van der Waals surface area contributed by atoms with Gasteiger partial charge in [0.25, 0.3) is 11.6 Å². The molecule has 0 atom stereocenters. The standard InChI is InChI=1S/C15H21N3O3/c1-3-16-13-8-7-12(9-14(13)18(20)21)15(19)17(4-2)10-11-5-6-11/h7-9,11,16H,3-6,10H2,1-2H3. The molecule has 6 nitrogen and oxygen atoms in total. The van der Waals surface area contributed by atoms with Crippen molar-refractivity contribution in [2.45, 2.75) is 26.7 Å². The van der Waals surface area contributed by atoms with Crippen LogP contribution in [0.5, 0.6) is 0 Å². The van der Waals surface area contributed by atoms with Crippen molar-refractivity contribution < 1.29 is 9.72 Å². The Labute approximate surface area is 124 Å². The van der Waals surface area contributed by atoms with Gasteiger partial charge < -0.3 is 10.2 Å². The molecule has 1 aromatic carbocycles. The number of hydrogen-bond donors (Lipinski definition) is 1. The second-order valence-electron chi connectivity index (χ2n) is 5.31. The summed E-state index contributed by atoms with van der Waals surface area (Å²) in [6, 6.07) is 4.64. The first-order chi connectivity index (χ1) is 10.1. The third-order valence-electron chi connectivity index (χ3n) is 3.65. The van der Waals surface area contributed by atoms with Crippen molar-refractivity contribution in [2.75, 3.05) is 25.0 Å². The lowest BCUT2D eigenvalue weighted by molar-refractivity contribution is -0.384. The van der Waals surface area contributed by atoms with E-state index in [1.54, 1.807) is 17.0 Å². The van der Waals surface area contributed by atoms with Gasteiger partial charge in [-0.15, -0.1) is 0 Å². The first-order valence-corrected chi connectivity index (χ1v) is 7.38. The minimum Gasteiger partial charge on any atom is -0.380 e. The molecule has 1 fully saturated rings. The average Bonchev–Trinajstić information content (AvgIpc) is 3.28. The van der Waals surface area contributed by atoms with Crippen molar-refractivity contribution in [2.24, 2.45) is 5.92 Å². The molecular weight excluding hydrogens is 270 g/mol. The van der Waals surface area contributed by atoms with Crippen molar-refractivity contribution in [3.05, 3.63) is 33.9 Å². The highest BCUT2D eigenvalue weighted by molar-refractivity contribution is 5.95. The number of rotatable bonds is 7. The molecule has 0 spiro atoms. The van der Waals surface area contributed by atoms with Crippen LogP contribution in [0, 0.1) is 16.0 Å². The molecule has 6 heteroatoms. The summed E-state index contributed by atoms with van der Waals surface area (Å²) >= 11 is 0. The van der Waals surface area contributed by atoms with Gasteiger partial charge in [0.15, 0.2) is 0 Å². The van der Waals surface area contributed by atoms with E-state index in [1.807, 2.05) is 13.8 Å². The fourth-order valence-electron chi connectivity index (χ4n) is 2.31. The van der Waals surface area contributed by atoms with Crippen molar-refractivity contribution in [1.29, 1.82) is 0 Å². The number of benzene rings is 1. The summed E-state index contributed by atoms with van der Waals surface area (Å²) in [5, 5.41) is 14.1. The zero-order valence-electron chi connectivity index (χ0n) is 12.5. The molecule has 114 valence electrons. The Hall–Kier alpha value is -2.11. The summed E-state index contributed by atoms with van der Waals surface area (Å²) in [4.78, 5) is 24.9. The molecule has 0 radical (unpaired) electrons. The van der Waals surface area contributed by atoms with Gasteiger partial charge >= 0.3 is 0 Å². The van der Waals surface area contributed by atoms with E-state index in [0.717, 1.165) is 6.54 Å². The molecule has 21 heavy (non-hydrogen) atoms. The zero-order chi connectivity index (χ0) is 15.4. The van der Waals surface area contributed by atoms with Gasteiger partial charge in [-0.3, -0.25) is 14.9 Å². The van der Waals surface area contributed by atoms with Crippen LogP contribution < -0.4 is 5.32 Å². The third kappa shape index (κ3) is 3.71. The maximum Gasteiger partial charge on any atom is 0.293 e. The van der Waals surface area contributed by atoms with Gasteiger partial charge in [0.2, 0.25) is 0 Å². The topological polar surface area (TPSA) is 75.5 Å². The number of amides is 1. The summed E-state index contributed by atoms with van der Waals surface area (Å²) in [6.07, 6.45) is 2.34. The number of nitro groups is 1. The highest BCUT2D eigenvalue weighted by Crippen LogP contribution is 2.31. The number of hydrogen-bond acceptors (Lipinski definition) is 4. The molecule has 2 rings (SSSR count). The van der Waals surface area contributed by atoms with Crippen LogP contribution in [-0.4, -0.2) is 35.4 Å². The molecule has 0 aromatic heterocycles. The molecule has 0 unspecified atom stereocenters. The lowest BCUT2D eigenvalue weighted by Crippen LogP contribution is -2.32. The van der Waals surface area contributed by atoms with Gasteiger partial charge in [0.05, 0.1) is 4.92 Å². The van der Waals surface area contributed by atoms with E-state index < -0.39 is 4.92 Å². The molecule has 0 bridgehead atoms. The Morgan fingerprint density at radius 2 is 2.14 bits per heavy atom. The predicted octanol–water partition coefficient (Wildman–Crippen LogP) is 2.90. The van der Waals surface area contributed by atoms with Crippen molar-refractivity contribution in [3.63, 3.8) is 0 Å². The van der Waals surface area contributed by atoms with E-state index in [0.29, 0.717) is 30.3 Å². The van der Waals surface area contributed by atoms with E-state index in [4.69, 9.17) is 0 Å². The molecule has 1 N–H and O–H groups in total. The minimum absolute atomic E-state index is 0.0508. The molecule has 0 heterocycles. The SMILES string of the molecule is CCNc1ccc(C(=O)N(CC)CC2CC2)cc1[N+](=O)[O-]. The molecule has 1 aromatic rings. The summed E-state index contributed by atoms with van der Waals surface area (Å²) in [5.74, 6) is 0.473. The van der Waals surface area contributed by atoms with Gasteiger partial charge in [-0.2, -0.15) is 0 Å². The van der Waals surface area contributed by atoms with Crippen LogP contribution in [0.1, 0.15) is 37.0 Å². The van der Waals surface area contributed by atoms with Gasteiger partial charge in [-0.1, -0.05) is 0 Å². The van der Waals surface area contributed by atoms with E-state index in [-0.39, 0.29) is 11.6 Å². The maximum absolute atomic E-state index is 12.5. The number of carbonyl (C=O) groups excluding carboxylic acids is 1. The molecule has 1 aliphatic rings. The van der Waals surface area contributed by atoms with Crippen LogP contribution in [0.15, 0.2) is 18.2 Å². The molecule has 0 saturated heterocycles. The Balaban J connectivity index is 2.23. The van der Waals surface area contributed by atoms with E-state index >= 15 is 0 Å². The van der Waals surface area contributed by atoms with Crippen molar-refractivity contribution in [1.82, 2.24) is 4.90 Å². The number of carbonyl (C=O) groups is 1. The van der Waals surface area contributed by atoms with E-state index in [1.165, 1.54) is 18.9 Å². The molecule has 1 aliphatic carbocycles. The second-order valence-corrected chi connectivity index (χ2v) is 5.31. The number of anilines is 1. The lowest BCUT2D eigenvalue weighted by Gasteiger charge is -2.20. The molecule has 1 amide bonds. The van der Waals surface area contributed by atoms with Crippen LogP contribution in [0.25, 0.3) is 0 Å². The van der Waals surface area contributed by atoms with Crippen LogP contribution >= 0.6 is 0 Å². The highest BCUT2D eigenvalue weighted by Gasteiger charge is 2.27. The monoisotopic (exact) mass is 291 g/mol. The van der Waals surface area contributed by atoms with Gasteiger partial charge in [0.1, 0.15) is 5.69 Å². The Kier molecular flexibility index (Phi) is 4.77. The zero-order valence-corrected chi connectivity index (χ0v) is 12.5. The number of nitro benzene ring substituents is 1. The first-order valence-electron chi connectivity index (χ1n) is 7.38. The smallest absolute Gasteiger partial charge is 0.293 e. The van der Waals surface area contributed by atoms with Crippen molar-refractivity contribution in [3.8, 4) is 0 Å². The highest BCUT2D eigenvalue weighted by atomic mass is 16.6. The molecular formula is C15H21N3O3. The third-order valence-corrected chi connectivity index (χ3v) is 3.65.